The molecule has 1 N–H and O–H groups in total. The van der Waals surface area contributed by atoms with E-state index in [1.807, 2.05) is 0 Å². The van der Waals surface area contributed by atoms with Crippen LogP contribution >= 0.6 is 0 Å². The van der Waals surface area contributed by atoms with Gasteiger partial charge in [0.1, 0.15) is 0 Å². The fourth-order valence-corrected chi connectivity index (χ4v) is 3.32. The summed E-state index contributed by atoms with van der Waals surface area (Å²) in [6.07, 6.45) is 5.34. The maximum absolute atomic E-state index is 5.59. The summed E-state index contributed by atoms with van der Waals surface area (Å²) in [6, 6.07) is 9.51. The fourth-order valence-electron chi connectivity index (χ4n) is 3.32. The molecule has 110 valence electrons. The molecule has 2 aliphatic rings. The standard InChI is InChI=1S/C17H26N2O/c1-2-20-16-12-15(13-16)18-9-5-10-19-11-8-14-6-3-4-7-17(14)19/h3-4,6-7,15-16,18H,2,5,8-13H2,1H3. The SMILES string of the molecule is CCOC1CC(NCCCN2CCc3ccccc32)C1. The summed E-state index contributed by atoms with van der Waals surface area (Å²) in [5.74, 6) is 0. The van der Waals surface area contributed by atoms with Crippen molar-refractivity contribution in [2.45, 2.75) is 44.8 Å². The summed E-state index contributed by atoms with van der Waals surface area (Å²) in [5.41, 5.74) is 2.96. The third-order valence-corrected chi connectivity index (χ3v) is 4.52. The third-order valence-electron chi connectivity index (χ3n) is 4.52. The van der Waals surface area contributed by atoms with E-state index in [0.29, 0.717) is 12.1 Å². The van der Waals surface area contributed by atoms with E-state index in [9.17, 15) is 0 Å². The number of fused-ring (bicyclic) bond motifs is 1. The second-order valence-corrected chi connectivity index (χ2v) is 5.92. The minimum atomic E-state index is 0.517. The smallest absolute Gasteiger partial charge is 0.0604 e. The molecule has 0 unspecified atom stereocenters. The topological polar surface area (TPSA) is 24.5 Å². The molecule has 0 aromatic heterocycles. The van der Waals surface area contributed by atoms with Gasteiger partial charge in [-0.05, 0) is 50.8 Å². The van der Waals surface area contributed by atoms with Gasteiger partial charge in [0.05, 0.1) is 6.10 Å². The zero-order valence-corrected chi connectivity index (χ0v) is 12.5. The molecule has 1 saturated carbocycles. The van der Waals surface area contributed by atoms with Gasteiger partial charge < -0.3 is 15.0 Å². The number of hydrogen-bond donors (Lipinski definition) is 1. The van der Waals surface area contributed by atoms with E-state index in [4.69, 9.17) is 4.74 Å². The summed E-state index contributed by atoms with van der Waals surface area (Å²) < 4.78 is 5.59. The van der Waals surface area contributed by atoms with Crippen molar-refractivity contribution in [1.29, 1.82) is 0 Å². The van der Waals surface area contributed by atoms with E-state index < -0.39 is 0 Å². The minimum Gasteiger partial charge on any atom is -0.378 e. The highest BCUT2D eigenvalue weighted by atomic mass is 16.5. The predicted octanol–water partition coefficient (Wildman–Crippen LogP) is 2.60. The Morgan fingerprint density at radius 1 is 1.30 bits per heavy atom. The molecule has 3 heteroatoms. The monoisotopic (exact) mass is 274 g/mol. The van der Waals surface area contributed by atoms with Crippen molar-refractivity contribution >= 4 is 5.69 Å². The molecule has 20 heavy (non-hydrogen) atoms. The van der Waals surface area contributed by atoms with Crippen molar-refractivity contribution in [1.82, 2.24) is 5.32 Å². The Kier molecular flexibility index (Phi) is 4.58. The van der Waals surface area contributed by atoms with Gasteiger partial charge in [0.2, 0.25) is 0 Å². The van der Waals surface area contributed by atoms with Gasteiger partial charge in [0, 0.05) is 31.4 Å². The first kappa shape index (κ1) is 13.9. The molecule has 1 fully saturated rings. The lowest BCUT2D eigenvalue weighted by atomic mass is 9.89. The van der Waals surface area contributed by atoms with Crippen molar-refractivity contribution < 1.29 is 4.74 Å². The van der Waals surface area contributed by atoms with E-state index in [-0.39, 0.29) is 0 Å². The Labute approximate surface area is 122 Å². The number of anilines is 1. The average molecular weight is 274 g/mol. The lowest BCUT2D eigenvalue weighted by Crippen LogP contribution is -2.46. The fraction of sp³-hybridized carbons (Fsp3) is 0.647. The molecular weight excluding hydrogens is 248 g/mol. The summed E-state index contributed by atoms with van der Waals surface area (Å²) in [4.78, 5) is 2.53. The second kappa shape index (κ2) is 6.59. The van der Waals surface area contributed by atoms with Crippen LogP contribution in [0.2, 0.25) is 0 Å². The lowest BCUT2D eigenvalue weighted by Gasteiger charge is -2.35. The van der Waals surface area contributed by atoms with Gasteiger partial charge >= 0.3 is 0 Å². The first-order chi connectivity index (χ1) is 9.86. The van der Waals surface area contributed by atoms with Gasteiger partial charge in [0.15, 0.2) is 0 Å². The lowest BCUT2D eigenvalue weighted by molar-refractivity contribution is -0.00969. The van der Waals surface area contributed by atoms with Crippen molar-refractivity contribution in [3.63, 3.8) is 0 Å². The van der Waals surface area contributed by atoms with Gasteiger partial charge in [-0.15, -0.1) is 0 Å². The van der Waals surface area contributed by atoms with Gasteiger partial charge in [0.25, 0.3) is 0 Å². The molecule has 1 aromatic rings. The van der Waals surface area contributed by atoms with Crippen molar-refractivity contribution in [2.75, 3.05) is 31.1 Å². The molecule has 1 aliphatic heterocycles. The number of ether oxygens (including phenoxy) is 1. The normalized spacial score (nSPS) is 24.6. The summed E-state index contributed by atoms with van der Waals surface area (Å²) >= 11 is 0. The Hall–Kier alpha value is -1.06. The van der Waals surface area contributed by atoms with Crippen LogP contribution in [-0.2, 0) is 11.2 Å². The molecule has 1 heterocycles. The van der Waals surface area contributed by atoms with Crippen LogP contribution in [0.1, 0.15) is 31.7 Å². The highest BCUT2D eigenvalue weighted by molar-refractivity contribution is 5.57. The van der Waals surface area contributed by atoms with Crippen LogP contribution in [0.5, 0.6) is 0 Å². The zero-order valence-electron chi connectivity index (χ0n) is 12.5. The molecule has 1 aromatic carbocycles. The van der Waals surface area contributed by atoms with E-state index in [2.05, 4.69) is 41.4 Å². The van der Waals surface area contributed by atoms with Crippen LogP contribution in [0.4, 0.5) is 5.69 Å². The molecule has 0 amide bonds. The third kappa shape index (κ3) is 3.15. The van der Waals surface area contributed by atoms with E-state index in [1.54, 1.807) is 0 Å². The van der Waals surface area contributed by atoms with Gasteiger partial charge in [-0.2, -0.15) is 0 Å². The minimum absolute atomic E-state index is 0.517. The highest BCUT2D eigenvalue weighted by Gasteiger charge is 2.28. The van der Waals surface area contributed by atoms with Crippen molar-refractivity contribution in [2.24, 2.45) is 0 Å². The van der Waals surface area contributed by atoms with Crippen LogP contribution in [-0.4, -0.2) is 38.4 Å². The molecule has 3 nitrogen and oxygen atoms in total. The second-order valence-electron chi connectivity index (χ2n) is 5.92. The van der Waals surface area contributed by atoms with Gasteiger partial charge in [-0.1, -0.05) is 18.2 Å². The maximum Gasteiger partial charge on any atom is 0.0604 e. The largest absolute Gasteiger partial charge is 0.378 e. The summed E-state index contributed by atoms with van der Waals surface area (Å²) in [6.45, 7) is 6.42. The summed E-state index contributed by atoms with van der Waals surface area (Å²) in [7, 11) is 0. The zero-order chi connectivity index (χ0) is 13.8. The Bertz CT molecular complexity index is 429. The van der Waals surface area contributed by atoms with Crippen LogP contribution in [0.3, 0.4) is 0 Å². The molecule has 0 radical (unpaired) electrons. The molecule has 0 spiro atoms. The number of hydrogen-bond acceptors (Lipinski definition) is 3. The van der Waals surface area contributed by atoms with Gasteiger partial charge in [-0.25, -0.2) is 0 Å². The molecule has 3 rings (SSSR count). The number of nitrogens with zero attached hydrogens (tertiary/aromatic N) is 1. The van der Waals surface area contributed by atoms with Crippen LogP contribution in [0.25, 0.3) is 0 Å². The number of para-hydroxylation sites is 1. The Balaban J connectivity index is 1.32. The molecule has 1 aliphatic carbocycles. The highest BCUT2D eigenvalue weighted by Crippen LogP contribution is 2.27. The maximum atomic E-state index is 5.59. The number of nitrogens with one attached hydrogen (secondary N) is 1. The summed E-state index contributed by atoms with van der Waals surface area (Å²) in [5, 5.41) is 3.65. The van der Waals surface area contributed by atoms with Crippen molar-refractivity contribution in [3.8, 4) is 0 Å². The van der Waals surface area contributed by atoms with E-state index in [1.165, 1.54) is 50.0 Å². The first-order valence-electron chi connectivity index (χ1n) is 8.04. The average Bonchev–Trinajstić information content (AvgIpc) is 2.83. The van der Waals surface area contributed by atoms with Crippen molar-refractivity contribution in [3.05, 3.63) is 29.8 Å². The molecular formula is C17H26N2O. The number of rotatable bonds is 7. The van der Waals surface area contributed by atoms with E-state index in [0.717, 1.165) is 13.2 Å². The first-order valence-corrected chi connectivity index (χ1v) is 8.04. The van der Waals surface area contributed by atoms with Crippen LogP contribution < -0.4 is 10.2 Å². The number of benzene rings is 1. The molecule has 0 saturated heterocycles. The predicted molar refractivity (Wildman–Crippen MR) is 83.4 cm³/mol. The van der Waals surface area contributed by atoms with Crippen LogP contribution in [0, 0.1) is 0 Å². The van der Waals surface area contributed by atoms with E-state index >= 15 is 0 Å². The van der Waals surface area contributed by atoms with Crippen LogP contribution in [0.15, 0.2) is 24.3 Å². The Morgan fingerprint density at radius 2 is 2.15 bits per heavy atom. The molecule has 0 atom stereocenters. The molecule has 0 bridgehead atoms. The van der Waals surface area contributed by atoms with Gasteiger partial charge in [-0.3, -0.25) is 0 Å². The Morgan fingerprint density at radius 3 is 3.00 bits per heavy atom. The quantitative estimate of drug-likeness (QED) is 0.774.